The second-order valence-electron chi connectivity index (χ2n) is 5.44. The zero-order chi connectivity index (χ0) is 16.8. The van der Waals surface area contributed by atoms with Crippen molar-refractivity contribution in [2.45, 2.75) is 17.7 Å². The molecule has 5 nitrogen and oxygen atoms in total. The Balaban J connectivity index is 2.11. The lowest BCUT2D eigenvalue weighted by molar-refractivity contribution is 0.0695. The minimum atomic E-state index is -3.81. The van der Waals surface area contributed by atoms with Crippen molar-refractivity contribution < 1.29 is 18.3 Å². The highest BCUT2D eigenvalue weighted by atomic mass is 79.9. The Morgan fingerprint density at radius 2 is 1.96 bits per heavy atom. The van der Waals surface area contributed by atoms with E-state index in [0.717, 1.165) is 5.56 Å². The van der Waals surface area contributed by atoms with Crippen molar-refractivity contribution >= 4 is 37.6 Å². The quantitative estimate of drug-likeness (QED) is 0.863. The Labute approximate surface area is 142 Å². The Morgan fingerprint density at radius 3 is 2.65 bits per heavy atom. The highest BCUT2D eigenvalue weighted by Gasteiger charge is 2.34. The molecule has 0 bridgehead atoms. The summed E-state index contributed by atoms with van der Waals surface area (Å²) in [7, 11) is -3.81. The lowest BCUT2D eigenvalue weighted by Gasteiger charge is -2.20. The first-order chi connectivity index (χ1) is 10.8. The van der Waals surface area contributed by atoms with E-state index in [9.17, 15) is 18.3 Å². The van der Waals surface area contributed by atoms with Gasteiger partial charge in [-0.05, 0) is 45.8 Å². The smallest absolute Gasteiger partial charge is 0.336 e. The van der Waals surface area contributed by atoms with Gasteiger partial charge < -0.3 is 5.11 Å². The van der Waals surface area contributed by atoms with Crippen LogP contribution in [-0.4, -0.2) is 26.0 Å². The van der Waals surface area contributed by atoms with Gasteiger partial charge in [-0.25, -0.2) is 13.2 Å². The number of hydrogen-bond donors (Lipinski definition) is 1. The molecule has 1 unspecified atom stereocenters. The molecule has 2 aromatic rings. The molecule has 0 radical (unpaired) electrons. The number of benzene rings is 2. The maximum absolute atomic E-state index is 12.9. The van der Waals surface area contributed by atoms with Gasteiger partial charge >= 0.3 is 5.97 Å². The fourth-order valence-corrected chi connectivity index (χ4v) is 4.78. The molecule has 120 valence electrons. The van der Waals surface area contributed by atoms with E-state index in [1.165, 1.54) is 22.5 Å². The molecule has 0 fully saturated rings. The van der Waals surface area contributed by atoms with Crippen LogP contribution >= 0.6 is 15.9 Å². The van der Waals surface area contributed by atoms with E-state index in [2.05, 4.69) is 15.9 Å². The van der Waals surface area contributed by atoms with Crippen LogP contribution < -0.4 is 4.31 Å². The predicted octanol–water partition coefficient (Wildman–Crippen LogP) is 3.46. The Bertz CT molecular complexity index is 895. The zero-order valence-corrected chi connectivity index (χ0v) is 14.6. The Kier molecular flexibility index (Phi) is 3.93. The number of halogens is 1. The van der Waals surface area contributed by atoms with Crippen molar-refractivity contribution in [1.29, 1.82) is 0 Å². The van der Waals surface area contributed by atoms with Gasteiger partial charge in [-0.2, -0.15) is 0 Å². The molecule has 3 rings (SSSR count). The van der Waals surface area contributed by atoms with Crippen molar-refractivity contribution in [3.63, 3.8) is 0 Å². The number of fused-ring (bicyclic) bond motifs is 1. The molecule has 1 heterocycles. The molecule has 1 aliphatic rings. The third-order valence-electron chi connectivity index (χ3n) is 3.93. The number of carbonyl (C=O) groups is 1. The summed E-state index contributed by atoms with van der Waals surface area (Å²) in [4.78, 5) is 11.2. The molecular weight excluding hydrogens is 382 g/mol. The molecule has 2 aromatic carbocycles. The average Bonchev–Trinajstić information content (AvgIpc) is 2.85. The number of carboxylic acids is 1. The average molecular weight is 396 g/mol. The van der Waals surface area contributed by atoms with Crippen molar-refractivity contribution in [3.05, 3.63) is 58.1 Å². The standard InChI is InChI=1S/C16H14BrNO4S/c1-10-9-18(15-5-3-2-4-12(10)15)23(21,22)11-6-7-14(17)13(8-11)16(19)20/h2-8,10H,9H2,1H3,(H,19,20). The molecular formula is C16H14BrNO4S. The van der Waals surface area contributed by atoms with Crippen LogP contribution in [0.1, 0.15) is 28.8 Å². The fraction of sp³-hybridized carbons (Fsp3) is 0.188. The number of hydrogen-bond acceptors (Lipinski definition) is 3. The lowest BCUT2D eigenvalue weighted by Crippen LogP contribution is -2.29. The topological polar surface area (TPSA) is 74.7 Å². The van der Waals surface area contributed by atoms with E-state index in [4.69, 9.17) is 0 Å². The van der Waals surface area contributed by atoms with Crippen LogP contribution in [-0.2, 0) is 10.0 Å². The number of aromatic carboxylic acids is 1. The van der Waals surface area contributed by atoms with Crippen molar-refractivity contribution in [1.82, 2.24) is 0 Å². The summed E-state index contributed by atoms with van der Waals surface area (Å²) < 4.78 is 27.6. The molecule has 0 aromatic heterocycles. The summed E-state index contributed by atoms with van der Waals surface area (Å²) in [6.07, 6.45) is 0. The number of carboxylic acid groups (broad SMARTS) is 1. The monoisotopic (exact) mass is 395 g/mol. The molecule has 0 saturated heterocycles. The summed E-state index contributed by atoms with van der Waals surface area (Å²) in [6, 6.07) is 11.4. The molecule has 7 heteroatoms. The molecule has 0 saturated carbocycles. The summed E-state index contributed by atoms with van der Waals surface area (Å²) in [5, 5.41) is 9.18. The van der Waals surface area contributed by atoms with Gasteiger partial charge in [-0.1, -0.05) is 25.1 Å². The summed E-state index contributed by atoms with van der Waals surface area (Å²) in [5.41, 5.74) is 1.55. The molecule has 1 N–H and O–H groups in total. The van der Waals surface area contributed by atoms with E-state index >= 15 is 0 Å². The van der Waals surface area contributed by atoms with Crippen LogP contribution in [0, 0.1) is 0 Å². The zero-order valence-electron chi connectivity index (χ0n) is 12.2. The van der Waals surface area contributed by atoms with Gasteiger partial charge in [0.05, 0.1) is 16.1 Å². The predicted molar refractivity (Wildman–Crippen MR) is 90.5 cm³/mol. The van der Waals surface area contributed by atoms with Crippen LogP contribution in [0.25, 0.3) is 0 Å². The molecule has 0 spiro atoms. The first-order valence-electron chi connectivity index (χ1n) is 6.97. The number of anilines is 1. The summed E-state index contributed by atoms with van der Waals surface area (Å²) >= 11 is 3.13. The number of rotatable bonds is 3. The summed E-state index contributed by atoms with van der Waals surface area (Å²) in [6.45, 7) is 2.32. The minimum absolute atomic E-state index is 0.0259. The maximum Gasteiger partial charge on any atom is 0.336 e. The fourth-order valence-electron chi connectivity index (χ4n) is 2.76. The third-order valence-corrected chi connectivity index (χ3v) is 6.40. The van der Waals surface area contributed by atoms with Gasteiger partial charge in [0.25, 0.3) is 10.0 Å². The first-order valence-corrected chi connectivity index (χ1v) is 9.20. The van der Waals surface area contributed by atoms with Crippen molar-refractivity contribution in [2.75, 3.05) is 10.8 Å². The van der Waals surface area contributed by atoms with Crippen molar-refractivity contribution in [2.24, 2.45) is 0 Å². The molecule has 1 aliphatic heterocycles. The van der Waals surface area contributed by atoms with Gasteiger partial charge in [-0.3, -0.25) is 4.31 Å². The van der Waals surface area contributed by atoms with Crippen LogP contribution in [0.5, 0.6) is 0 Å². The van der Waals surface area contributed by atoms with E-state index in [1.807, 2.05) is 19.1 Å². The molecule has 23 heavy (non-hydrogen) atoms. The molecule has 1 atom stereocenters. The van der Waals surface area contributed by atoms with Crippen LogP contribution in [0.4, 0.5) is 5.69 Å². The Morgan fingerprint density at radius 1 is 1.26 bits per heavy atom. The molecule has 0 aliphatic carbocycles. The first kappa shape index (κ1) is 16.0. The lowest BCUT2D eigenvalue weighted by atomic mass is 10.0. The van der Waals surface area contributed by atoms with Gasteiger partial charge in [-0.15, -0.1) is 0 Å². The van der Waals surface area contributed by atoms with Gasteiger partial charge in [0.2, 0.25) is 0 Å². The van der Waals surface area contributed by atoms with Crippen LogP contribution in [0.15, 0.2) is 51.8 Å². The largest absolute Gasteiger partial charge is 0.478 e. The molecule has 0 amide bonds. The van der Waals surface area contributed by atoms with E-state index in [0.29, 0.717) is 16.7 Å². The minimum Gasteiger partial charge on any atom is -0.478 e. The van der Waals surface area contributed by atoms with E-state index in [-0.39, 0.29) is 16.4 Å². The van der Waals surface area contributed by atoms with E-state index < -0.39 is 16.0 Å². The van der Waals surface area contributed by atoms with Gasteiger partial charge in [0.15, 0.2) is 0 Å². The second kappa shape index (κ2) is 5.65. The van der Waals surface area contributed by atoms with Crippen molar-refractivity contribution in [3.8, 4) is 0 Å². The van der Waals surface area contributed by atoms with Gasteiger partial charge in [0.1, 0.15) is 0 Å². The SMILES string of the molecule is CC1CN(S(=O)(=O)c2ccc(Br)c(C(=O)O)c2)c2ccccc21. The summed E-state index contributed by atoms with van der Waals surface area (Å²) in [5.74, 6) is -1.08. The number of nitrogens with zero attached hydrogens (tertiary/aromatic N) is 1. The third kappa shape index (κ3) is 2.64. The normalized spacial score (nSPS) is 17.1. The van der Waals surface area contributed by atoms with Crippen LogP contribution in [0.3, 0.4) is 0 Å². The number of sulfonamides is 1. The number of para-hydroxylation sites is 1. The maximum atomic E-state index is 12.9. The van der Waals surface area contributed by atoms with E-state index in [1.54, 1.807) is 12.1 Å². The highest BCUT2D eigenvalue weighted by Crippen LogP contribution is 2.39. The second-order valence-corrected chi connectivity index (χ2v) is 8.16. The highest BCUT2D eigenvalue weighted by molar-refractivity contribution is 9.10. The Hall–Kier alpha value is -1.86. The van der Waals surface area contributed by atoms with Crippen LogP contribution in [0.2, 0.25) is 0 Å². The van der Waals surface area contributed by atoms with Gasteiger partial charge in [0, 0.05) is 16.9 Å².